The highest BCUT2D eigenvalue weighted by atomic mass is 32.1. The Balaban J connectivity index is 1.82. The summed E-state index contributed by atoms with van der Waals surface area (Å²) in [6.45, 7) is 9.94. The summed E-state index contributed by atoms with van der Waals surface area (Å²) in [7, 11) is 1.88. The molecule has 1 aliphatic heterocycles. The Kier molecular flexibility index (Phi) is 6.03. The molecule has 2 rings (SSSR count). The van der Waals surface area contributed by atoms with Crippen LogP contribution in [0.1, 0.15) is 37.9 Å². The molecule has 118 valence electrons. The fourth-order valence-electron chi connectivity index (χ4n) is 3.10. The summed E-state index contributed by atoms with van der Waals surface area (Å²) < 4.78 is 0. The smallest absolute Gasteiger partial charge is 0.193 e. The van der Waals surface area contributed by atoms with Crippen molar-refractivity contribution in [2.45, 2.75) is 40.0 Å². The maximum atomic E-state index is 4.61. The van der Waals surface area contributed by atoms with Crippen molar-refractivity contribution in [1.29, 1.82) is 0 Å². The minimum Gasteiger partial charge on any atom is -0.356 e. The second-order valence-electron chi connectivity index (χ2n) is 6.16. The van der Waals surface area contributed by atoms with Crippen LogP contribution >= 0.6 is 11.3 Å². The second kappa shape index (κ2) is 7.78. The van der Waals surface area contributed by atoms with Crippen molar-refractivity contribution in [2.24, 2.45) is 16.8 Å². The summed E-state index contributed by atoms with van der Waals surface area (Å²) in [4.78, 5) is 11.5. The van der Waals surface area contributed by atoms with Crippen molar-refractivity contribution in [1.82, 2.24) is 15.2 Å². The summed E-state index contributed by atoms with van der Waals surface area (Å²) in [5.74, 6) is 2.54. The number of nitrogens with zero attached hydrogens (tertiary/aromatic N) is 3. The molecule has 0 radical (unpaired) electrons. The first-order valence-corrected chi connectivity index (χ1v) is 8.89. The first-order chi connectivity index (χ1) is 10.1. The molecule has 0 saturated carbocycles. The Morgan fingerprint density at radius 3 is 2.71 bits per heavy atom. The molecule has 2 unspecified atom stereocenters. The molecular weight excluding hydrogens is 280 g/mol. The van der Waals surface area contributed by atoms with Gasteiger partial charge in [0.1, 0.15) is 0 Å². The monoisotopic (exact) mass is 308 g/mol. The fourth-order valence-corrected chi connectivity index (χ4v) is 3.88. The Bertz CT molecular complexity index is 459. The molecule has 1 aliphatic rings. The molecule has 5 heteroatoms. The van der Waals surface area contributed by atoms with Gasteiger partial charge in [-0.1, -0.05) is 20.8 Å². The minimum absolute atomic E-state index is 0.748. The largest absolute Gasteiger partial charge is 0.356 e. The predicted molar refractivity (Wildman–Crippen MR) is 91.1 cm³/mol. The normalized spacial score (nSPS) is 23.4. The van der Waals surface area contributed by atoms with Gasteiger partial charge in [0.25, 0.3) is 0 Å². The van der Waals surface area contributed by atoms with Crippen molar-refractivity contribution in [3.8, 4) is 0 Å². The average Bonchev–Trinajstić information content (AvgIpc) is 2.90. The van der Waals surface area contributed by atoms with Crippen molar-refractivity contribution < 1.29 is 0 Å². The lowest BCUT2D eigenvalue weighted by molar-refractivity contribution is 0.208. The van der Waals surface area contributed by atoms with Crippen LogP contribution in [-0.2, 0) is 12.8 Å². The second-order valence-corrected chi connectivity index (χ2v) is 7.10. The van der Waals surface area contributed by atoms with E-state index in [4.69, 9.17) is 0 Å². The third-order valence-corrected chi connectivity index (χ3v) is 4.99. The van der Waals surface area contributed by atoms with Crippen LogP contribution in [0.2, 0.25) is 0 Å². The molecule has 1 aromatic heterocycles. The highest BCUT2D eigenvalue weighted by Crippen LogP contribution is 2.20. The lowest BCUT2D eigenvalue weighted by Crippen LogP contribution is -2.48. The fraction of sp³-hybridized carbons (Fsp3) is 0.750. The van der Waals surface area contributed by atoms with E-state index in [1.807, 2.05) is 7.05 Å². The summed E-state index contributed by atoms with van der Waals surface area (Å²) in [6.07, 6.45) is 3.32. The van der Waals surface area contributed by atoms with Gasteiger partial charge in [0.05, 0.1) is 10.7 Å². The van der Waals surface area contributed by atoms with Gasteiger partial charge in [-0.3, -0.25) is 4.99 Å². The van der Waals surface area contributed by atoms with Crippen molar-refractivity contribution >= 4 is 17.3 Å². The number of guanidine groups is 1. The van der Waals surface area contributed by atoms with Crippen molar-refractivity contribution in [2.75, 3.05) is 26.7 Å². The van der Waals surface area contributed by atoms with Gasteiger partial charge < -0.3 is 10.2 Å². The predicted octanol–water partition coefficient (Wildman–Crippen LogP) is 2.80. The Morgan fingerprint density at radius 1 is 1.43 bits per heavy atom. The molecular formula is C16H28N4S. The van der Waals surface area contributed by atoms with Crippen LogP contribution in [-0.4, -0.2) is 42.5 Å². The molecule has 0 aliphatic carbocycles. The Labute approximate surface area is 132 Å². The van der Waals surface area contributed by atoms with Crippen molar-refractivity contribution in [3.63, 3.8) is 0 Å². The van der Waals surface area contributed by atoms with Crippen LogP contribution in [0, 0.1) is 11.8 Å². The Hall–Kier alpha value is -1.10. The molecule has 2 atom stereocenters. The third-order valence-electron chi connectivity index (χ3n) is 3.95. The zero-order valence-corrected chi connectivity index (χ0v) is 14.5. The number of hydrogen-bond donors (Lipinski definition) is 1. The number of aliphatic imine (C=N–C) groups is 1. The van der Waals surface area contributed by atoms with E-state index in [1.54, 1.807) is 11.3 Å². The quantitative estimate of drug-likeness (QED) is 0.687. The van der Waals surface area contributed by atoms with Gasteiger partial charge in [-0.05, 0) is 24.7 Å². The van der Waals surface area contributed by atoms with Gasteiger partial charge in [-0.25, -0.2) is 4.98 Å². The Morgan fingerprint density at radius 2 is 2.14 bits per heavy atom. The summed E-state index contributed by atoms with van der Waals surface area (Å²) >= 11 is 1.76. The van der Waals surface area contributed by atoms with E-state index in [9.17, 15) is 0 Å². The number of piperidine rings is 1. The van der Waals surface area contributed by atoms with Crippen LogP contribution in [0.15, 0.2) is 10.4 Å². The number of nitrogens with one attached hydrogen (secondary N) is 1. The molecule has 2 heterocycles. The lowest BCUT2D eigenvalue weighted by Gasteiger charge is -2.37. The van der Waals surface area contributed by atoms with Crippen LogP contribution in [0.3, 0.4) is 0 Å². The van der Waals surface area contributed by atoms with E-state index < -0.39 is 0 Å². The molecule has 0 aromatic carbocycles. The average molecular weight is 308 g/mol. The van der Waals surface area contributed by atoms with E-state index in [0.29, 0.717) is 0 Å². The summed E-state index contributed by atoms with van der Waals surface area (Å²) in [5, 5.41) is 6.90. The highest BCUT2D eigenvalue weighted by molar-refractivity contribution is 7.09. The lowest BCUT2D eigenvalue weighted by atomic mass is 9.92. The molecule has 21 heavy (non-hydrogen) atoms. The number of thiazole rings is 1. The standard InChI is InChI=1S/C16H28N4S/c1-5-15-19-14(11-21-15)6-7-18-16(17-4)20-9-12(2)8-13(3)10-20/h11-13H,5-10H2,1-4H3,(H,17,18). The molecule has 0 spiro atoms. The number of hydrogen-bond acceptors (Lipinski definition) is 3. The topological polar surface area (TPSA) is 40.5 Å². The number of aryl methyl sites for hydroxylation is 1. The molecule has 0 bridgehead atoms. The number of aromatic nitrogens is 1. The van der Waals surface area contributed by atoms with Crippen LogP contribution in [0.4, 0.5) is 0 Å². The molecule has 1 aromatic rings. The van der Waals surface area contributed by atoms with Gasteiger partial charge in [-0.15, -0.1) is 11.3 Å². The molecule has 0 amide bonds. The van der Waals surface area contributed by atoms with E-state index in [-0.39, 0.29) is 0 Å². The molecule has 1 saturated heterocycles. The van der Waals surface area contributed by atoms with E-state index >= 15 is 0 Å². The first-order valence-electron chi connectivity index (χ1n) is 8.01. The third kappa shape index (κ3) is 4.70. The zero-order chi connectivity index (χ0) is 15.2. The van der Waals surface area contributed by atoms with Crippen LogP contribution < -0.4 is 5.32 Å². The zero-order valence-electron chi connectivity index (χ0n) is 13.7. The van der Waals surface area contributed by atoms with Gasteiger partial charge in [0.2, 0.25) is 0 Å². The summed E-state index contributed by atoms with van der Waals surface area (Å²) in [6, 6.07) is 0. The van der Waals surface area contributed by atoms with Gasteiger partial charge in [0, 0.05) is 38.5 Å². The van der Waals surface area contributed by atoms with E-state index in [1.165, 1.54) is 17.1 Å². The highest BCUT2D eigenvalue weighted by Gasteiger charge is 2.23. The maximum Gasteiger partial charge on any atom is 0.193 e. The van der Waals surface area contributed by atoms with Gasteiger partial charge in [-0.2, -0.15) is 0 Å². The number of likely N-dealkylation sites (tertiary alicyclic amines) is 1. The molecule has 4 nitrogen and oxygen atoms in total. The SMILES string of the molecule is CCc1nc(CCNC(=NC)N2CC(C)CC(C)C2)cs1. The van der Waals surface area contributed by atoms with Crippen molar-refractivity contribution in [3.05, 3.63) is 16.1 Å². The van der Waals surface area contributed by atoms with E-state index in [2.05, 4.69) is 46.3 Å². The van der Waals surface area contributed by atoms with Gasteiger partial charge in [0.15, 0.2) is 5.96 Å². The maximum absolute atomic E-state index is 4.61. The molecule has 1 N–H and O–H groups in total. The van der Waals surface area contributed by atoms with E-state index in [0.717, 1.165) is 50.3 Å². The minimum atomic E-state index is 0.748. The van der Waals surface area contributed by atoms with Crippen LogP contribution in [0.5, 0.6) is 0 Å². The summed E-state index contributed by atoms with van der Waals surface area (Å²) in [5.41, 5.74) is 1.19. The number of rotatable bonds is 4. The molecule has 1 fully saturated rings. The first kappa shape index (κ1) is 16.3. The van der Waals surface area contributed by atoms with Crippen LogP contribution in [0.25, 0.3) is 0 Å². The van der Waals surface area contributed by atoms with Gasteiger partial charge >= 0.3 is 0 Å².